The molecule has 1 N–H and O–H groups in total. The molecule has 4 nitrogen and oxygen atoms in total. The number of nitrogens with zero attached hydrogens (tertiary/aromatic N) is 1. The van der Waals surface area contributed by atoms with Gasteiger partial charge in [0.25, 0.3) is 5.91 Å². The molecule has 2 heterocycles. The fourth-order valence-corrected chi connectivity index (χ4v) is 2.88. The largest absolute Gasteiger partial charge is 0.385 e. The Morgan fingerprint density at radius 1 is 1.47 bits per heavy atom. The summed E-state index contributed by atoms with van der Waals surface area (Å²) < 4.78 is 5.50. The number of ether oxygens (including phenoxy) is 1. The second kappa shape index (κ2) is 5.21. The molecule has 2 aliphatic rings. The summed E-state index contributed by atoms with van der Waals surface area (Å²) in [6, 6.07) is 5.98. The van der Waals surface area contributed by atoms with E-state index in [0.717, 1.165) is 30.6 Å². The van der Waals surface area contributed by atoms with Crippen molar-refractivity contribution < 1.29 is 9.53 Å². The number of hydrogen-bond donors (Lipinski definition) is 1. The van der Waals surface area contributed by atoms with Crippen LogP contribution in [0.5, 0.6) is 0 Å². The van der Waals surface area contributed by atoms with E-state index in [1.54, 1.807) is 0 Å². The number of amides is 1. The lowest BCUT2D eigenvalue weighted by Gasteiger charge is -2.32. The van der Waals surface area contributed by atoms with Gasteiger partial charge in [0.15, 0.2) is 0 Å². The van der Waals surface area contributed by atoms with Crippen molar-refractivity contribution in [1.82, 2.24) is 4.90 Å². The minimum absolute atomic E-state index is 0.135. The Kier molecular flexibility index (Phi) is 3.42. The summed E-state index contributed by atoms with van der Waals surface area (Å²) in [7, 11) is 0. The molecule has 1 saturated heterocycles. The smallest absolute Gasteiger partial charge is 0.254 e. The van der Waals surface area contributed by atoms with Crippen LogP contribution in [0.15, 0.2) is 18.2 Å². The number of hydrogen-bond acceptors (Lipinski definition) is 3. The highest BCUT2D eigenvalue weighted by molar-refractivity contribution is 5.97. The number of rotatable bonds is 1. The molecule has 102 valence electrons. The molecule has 2 aliphatic heterocycles. The zero-order valence-electron chi connectivity index (χ0n) is 11.3. The first-order valence-electron chi connectivity index (χ1n) is 7.02. The van der Waals surface area contributed by atoms with E-state index in [1.165, 1.54) is 5.56 Å². The summed E-state index contributed by atoms with van der Waals surface area (Å²) in [5.41, 5.74) is 3.16. The second-order valence-electron chi connectivity index (χ2n) is 5.29. The van der Waals surface area contributed by atoms with Gasteiger partial charge in [-0.2, -0.15) is 0 Å². The van der Waals surface area contributed by atoms with Crippen molar-refractivity contribution in [3.63, 3.8) is 0 Å². The van der Waals surface area contributed by atoms with Gasteiger partial charge >= 0.3 is 0 Å². The van der Waals surface area contributed by atoms with Gasteiger partial charge < -0.3 is 15.0 Å². The molecule has 1 aromatic carbocycles. The molecule has 0 radical (unpaired) electrons. The lowest BCUT2D eigenvalue weighted by Crippen LogP contribution is -2.44. The van der Waals surface area contributed by atoms with E-state index in [-0.39, 0.29) is 12.0 Å². The van der Waals surface area contributed by atoms with E-state index in [2.05, 4.69) is 11.4 Å². The van der Waals surface area contributed by atoms with E-state index in [4.69, 9.17) is 4.74 Å². The second-order valence-corrected chi connectivity index (χ2v) is 5.29. The molecule has 4 heteroatoms. The molecular formula is C15H20N2O2. The lowest BCUT2D eigenvalue weighted by atomic mass is 9.96. The minimum atomic E-state index is 0.135. The van der Waals surface area contributed by atoms with E-state index in [0.29, 0.717) is 19.7 Å². The number of morpholine rings is 1. The van der Waals surface area contributed by atoms with Gasteiger partial charge in [0, 0.05) is 30.9 Å². The van der Waals surface area contributed by atoms with Gasteiger partial charge in [-0.15, -0.1) is 0 Å². The Morgan fingerprint density at radius 2 is 2.37 bits per heavy atom. The molecule has 1 fully saturated rings. The van der Waals surface area contributed by atoms with Crippen LogP contribution < -0.4 is 5.32 Å². The van der Waals surface area contributed by atoms with Gasteiger partial charge in [-0.1, -0.05) is 6.07 Å². The van der Waals surface area contributed by atoms with Crippen molar-refractivity contribution >= 4 is 11.6 Å². The molecule has 0 aromatic heterocycles. The van der Waals surface area contributed by atoms with E-state index >= 15 is 0 Å². The number of benzene rings is 1. The zero-order valence-corrected chi connectivity index (χ0v) is 11.3. The Labute approximate surface area is 113 Å². The van der Waals surface area contributed by atoms with Gasteiger partial charge in [0.1, 0.15) is 0 Å². The van der Waals surface area contributed by atoms with Gasteiger partial charge in [0.05, 0.1) is 12.7 Å². The van der Waals surface area contributed by atoms with Gasteiger partial charge in [-0.05, 0) is 37.5 Å². The van der Waals surface area contributed by atoms with Crippen LogP contribution in [-0.4, -0.2) is 43.2 Å². The van der Waals surface area contributed by atoms with Crippen LogP contribution in [0.2, 0.25) is 0 Å². The van der Waals surface area contributed by atoms with E-state index < -0.39 is 0 Å². The molecule has 0 spiro atoms. The molecule has 1 amide bonds. The standard InChI is InChI=1S/C15H20N2O2/c1-11-10-17(8-9-19-11)15(18)13-4-2-6-14-12(13)5-3-7-16-14/h2,4,6,11,16H,3,5,7-10H2,1H3. The molecule has 1 atom stereocenters. The maximum Gasteiger partial charge on any atom is 0.254 e. The lowest BCUT2D eigenvalue weighted by molar-refractivity contribution is -0.0124. The third-order valence-corrected chi connectivity index (χ3v) is 3.85. The van der Waals surface area contributed by atoms with Crippen molar-refractivity contribution in [2.75, 3.05) is 31.6 Å². The van der Waals surface area contributed by atoms with E-state index in [1.807, 2.05) is 24.0 Å². The monoisotopic (exact) mass is 260 g/mol. The summed E-state index contributed by atoms with van der Waals surface area (Å²) in [5, 5.41) is 3.37. The van der Waals surface area contributed by atoms with Crippen LogP contribution in [0.1, 0.15) is 29.3 Å². The number of fused-ring (bicyclic) bond motifs is 1. The highest BCUT2D eigenvalue weighted by atomic mass is 16.5. The topological polar surface area (TPSA) is 41.6 Å². The fourth-order valence-electron chi connectivity index (χ4n) is 2.88. The van der Waals surface area contributed by atoms with Gasteiger partial charge in [0.2, 0.25) is 0 Å². The average Bonchev–Trinajstić information content (AvgIpc) is 2.46. The molecule has 0 aliphatic carbocycles. The third-order valence-electron chi connectivity index (χ3n) is 3.85. The molecule has 0 saturated carbocycles. The van der Waals surface area contributed by atoms with Crippen molar-refractivity contribution in [2.24, 2.45) is 0 Å². The first kappa shape index (κ1) is 12.5. The molecular weight excluding hydrogens is 240 g/mol. The highest BCUT2D eigenvalue weighted by Gasteiger charge is 2.25. The van der Waals surface area contributed by atoms with Crippen molar-refractivity contribution in [2.45, 2.75) is 25.9 Å². The van der Waals surface area contributed by atoms with Crippen LogP contribution in [0.4, 0.5) is 5.69 Å². The number of carbonyl (C=O) groups excluding carboxylic acids is 1. The van der Waals surface area contributed by atoms with E-state index in [9.17, 15) is 4.79 Å². The fraction of sp³-hybridized carbons (Fsp3) is 0.533. The zero-order chi connectivity index (χ0) is 13.2. The summed E-state index contributed by atoms with van der Waals surface area (Å²) in [6.45, 7) is 5.04. The minimum Gasteiger partial charge on any atom is -0.385 e. The molecule has 0 bridgehead atoms. The Balaban J connectivity index is 1.87. The molecule has 1 aromatic rings. The number of anilines is 1. The quantitative estimate of drug-likeness (QED) is 0.838. The molecule has 1 unspecified atom stereocenters. The summed E-state index contributed by atoms with van der Waals surface area (Å²) in [6.07, 6.45) is 2.22. The maximum atomic E-state index is 12.7. The Morgan fingerprint density at radius 3 is 3.21 bits per heavy atom. The highest BCUT2D eigenvalue weighted by Crippen LogP contribution is 2.26. The predicted molar refractivity (Wildman–Crippen MR) is 74.6 cm³/mol. The van der Waals surface area contributed by atoms with Crippen LogP contribution in [-0.2, 0) is 11.2 Å². The maximum absolute atomic E-state index is 12.7. The van der Waals surface area contributed by atoms with Crippen molar-refractivity contribution in [3.05, 3.63) is 29.3 Å². The molecule has 19 heavy (non-hydrogen) atoms. The predicted octanol–water partition coefficient (Wildman–Crippen LogP) is 1.91. The normalized spacial score (nSPS) is 22.6. The Bertz CT molecular complexity index is 487. The Hall–Kier alpha value is -1.55. The summed E-state index contributed by atoms with van der Waals surface area (Å²) >= 11 is 0. The number of nitrogens with one attached hydrogen (secondary N) is 1. The average molecular weight is 260 g/mol. The van der Waals surface area contributed by atoms with Crippen LogP contribution in [0.3, 0.4) is 0 Å². The van der Waals surface area contributed by atoms with Crippen molar-refractivity contribution in [1.29, 1.82) is 0 Å². The number of carbonyl (C=O) groups is 1. The van der Waals surface area contributed by atoms with Crippen LogP contribution >= 0.6 is 0 Å². The first-order valence-corrected chi connectivity index (χ1v) is 7.02. The SMILES string of the molecule is CC1CN(C(=O)c2cccc3c2CCCN3)CCO1. The summed E-state index contributed by atoms with van der Waals surface area (Å²) in [5.74, 6) is 0.149. The third kappa shape index (κ3) is 2.45. The van der Waals surface area contributed by atoms with Gasteiger partial charge in [-0.3, -0.25) is 4.79 Å². The first-order chi connectivity index (χ1) is 9.25. The van der Waals surface area contributed by atoms with Crippen molar-refractivity contribution in [3.8, 4) is 0 Å². The van der Waals surface area contributed by atoms with Gasteiger partial charge in [-0.25, -0.2) is 0 Å². The van der Waals surface area contributed by atoms with Crippen LogP contribution in [0, 0.1) is 0 Å². The van der Waals surface area contributed by atoms with Crippen LogP contribution in [0.25, 0.3) is 0 Å². The molecule has 3 rings (SSSR count). The summed E-state index contributed by atoms with van der Waals surface area (Å²) in [4.78, 5) is 14.6.